The number of hydrogen-bond acceptors (Lipinski definition) is 2. The molecule has 1 saturated carbocycles. The molecule has 144 valence electrons. The van der Waals surface area contributed by atoms with Gasteiger partial charge >= 0.3 is 0 Å². The molecule has 2 aromatic rings. The van der Waals surface area contributed by atoms with Gasteiger partial charge in [0.05, 0.1) is 6.54 Å². The summed E-state index contributed by atoms with van der Waals surface area (Å²) in [6, 6.07) is 14.2. The molecule has 0 spiro atoms. The van der Waals surface area contributed by atoms with Gasteiger partial charge in [0.2, 0.25) is 5.91 Å². The number of hydrogen-bond donors (Lipinski definition) is 0. The van der Waals surface area contributed by atoms with E-state index in [2.05, 4.69) is 44.8 Å². The van der Waals surface area contributed by atoms with Crippen molar-refractivity contribution in [3.05, 3.63) is 59.8 Å². The first-order valence-corrected chi connectivity index (χ1v) is 10.2. The second-order valence-electron chi connectivity index (χ2n) is 8.53. The van der Waals surface area contributed by atoms with Crippen LogP contribution in [0.15, 0.2) is 48.7 Å². The monoisotopic (exact) mass is 364 g/mol. The molecule has 0 aliphatic heterocycles. The first kappa shape index (κ1) is 19.6. The van der Waals surface area contributed by atoms with Crippen LogP contribution in [-0.4, -0.2) is 10.9 Å². The van der Waals surface area contributed by atoms with Crippen LogP contribution in [0.3, 0.4) is 0 Å². The van der Waals surface area contributed by atoms with Crippen molar-refractivity contribution >= 4 is 11.7 Å². The lowest BCUT2D eigenvalue weighted by Crippen LogP contribution is -2.43. The Morgan fingerprint density at radius 1 is 1.19 bits per heavy atom. The van der Waals surface area contributed by atoms with Crippen LogP contribution < -0.4 is 4.90 Å². The van der Waals surface area contributed by atoms with Crippen LogP contribution in [-0.2, 0) is 11.3 Å². The number of rotatable bonds is 5. The molecule has 0 saturated heterocycles. The van der Waals surface area contributed by atoms with Crippen LogP contribution >= 0.6 is 0 Å². The lowest BCUT2D eigenvalue weighted by atomic mass is 9.69. The number of aromatic nitrogens is 1. The van der Waals surface area contributed by atoms with Gasteiger partial charge < -0.3 is 0 Å². The second-order valence-corrected chi connectivity index (χ2v) is 8.53. The zero-order valence-electron chi connectivity index (χ0n) is 17.1. The fraction of sp³-hybridized carbons (Fsp3) is 0.500. The molecule has 3 atom stereocenters. The van der Waals surface area contributed by atoms with E-state index in [4.69, 9.17) is 0 Å². The number of benzene rings is 1. The number of anilines is 1. The lowest BCUT2D eigenvalue weighted by Gasteiger charge is -2.39. The molecular weight excluding hydrogens is 332 g/mol. The van der Waals surface area contributed by atoms with Crippen molar-refractivity contribution in [1.82, 2.24) is 4.98 Å². The average Bonchev–Trinajstić information content (AvgIpc) is 2.66. The van der Waals surface area contributed by atoms with Gasteiger partial charge in [-0.15, -0.1) is 0 Å². The normalized spacial score (nSPS) is 22.6. The molecule has 0 unspecified atom stereocenters. The predicted octanol–water partition coefficient (Wildman–Crippen LogP) is 5.63. The van der Waals surface area contributed by atoms with Gasteiger partial charge in [-0.05, 0) is 60.8 Å². The molecule has 1 fully saturated rings. The van der Waals surface area contributed by atoms with E-state index in [0.717, 1.165) is 29.8 Å². The minimum absolute atomic E-state index is 0.0831. The van der Waals surface area contributed by atoms with Gasteiger partial charge in [-0.25, -0.2) is 4.98 Å². The maximum atomic E-state index is 13.8. The first-order valence-electron chi connectivity index (χ1n) is 10.2. The fourth-order valence-electron chi connectivity index (χ4n) is 4.39. The van der Waals surface area contributed by atoms with Crippen LogP contribution in [0.4, 0.5) is 5.82 Å². The van der Waals surface area contributed by atoms with Gasteiger partial charge in [0.25, 0.3) is 0 Å². The molecular formula is C24H32N2O. The van der Waals surface area contributed by atoms with Gasteiger partial charge in [-0.1, -0.05) is 57.5 Å². The summed E-state index contributed by atoms with van der Waals surface area (Å²) in [5.41, 5.74) is 2.27. The van der Waals surface area contributed by atoms with Crippen molar-refractivity contribution in [1.29, 1.82) is 0 Å². The molecule has 1 heterocycles. The van der Waals surface area contributed by atoms with Crippen molar-refractivity contribution in [2.45, 2.75) is 53.5 Å². The Morgan fingerprint density at radius 2 is 1.93 bits per heavy atom. The minimum Gasteiger partial charge on any atom is -0.292 e. The predicted molar refractivity (Wildman–Crippen MR) is 111 cm³/mol. The lowest BCUT2D eigenvalue weighted by molar-refractivity contribution is -0.126. The van der Waals surface area contributed by atoms with E-state index in [1.165, 1.54) is 6.42 Å². The molecule has 1 aromatic heterocycles. The maximum Gasteiger partial charge on any atom is 0.231 e. The number of amides is 1. The summed E-state index contributed by atoms with van der Waals surface area (Å²) in [4.78, 5) is 20.2. The van der Waals surface area contributed by atoms with E-state index in [1.807, 2.05) is 35.2 Å². The molecule has 0 radical (unpaired) electrons. The van der Waals surface area contributed by atoms with Crippen molar-refractivity contribution in [2.75, 3.05) is 4.90 Å². The standard InChI is InChI=1S/C24H32N2O/c1-17(2)21-11-10-18(3)14-22(21)24(27)26(16-20-8-6-5-7-9-20)23-15-19(4)12-13-25-23/h5-9,12-13,15,17-18,21-22H,10-11,14,16H2,1-4H3/t18-,21+,22-/m1/s1. The van der Waals surface area contributed by atoms with E-state index >= 15 is 0 Å². The van der Waals surface area contributed by atoms with Gasteiger partial charge in [0.1, 0.15) is 5.82 Å². The van der Waals surface area contributed by atoms with Crippen LogP contribution in [0.1, 0.15) is 51.2 Å². The average molecular weight is 365 g/mol. The summed E-state index contributed by atoms with van der Waals surface area (Å²) in [5, 5.41) is 0. The van der Waals surface area contributed by atoms with E-state index in [1.54, 1.807) is 6.20 Å². The van der Waals surface area contributed by atoms with Crippen molar-refractivity contribution in [3.63, 3.8) is 0 Å². The maximum absolute atomic E-state index is 13.8. The fourth-order valence-corrected chi connectivity index (χ4v) is 4.39. The van der Waals surface area contributed by atoms with E-state index < -0.39 is 0 Å². The van der Waals surface area contributed by atoms with Gasteiger partial charge in [0.15, 0.2) is 0 Å². The Bertz CT molecular complexity index is 756. The Balaban J connectivity index is 1.94. The molecule has 3 rings (SSSR count). The first-order chi connectivity index (χ1) is 13.0. The number of carbonyl (C=O) groups is 1. The summed E-state index contributed by atoms with van der Waals surface area (Å²) in [6.45, 7) is 9.42. The topological polar surface area (TPSA) is 33.2 Å². The highest BCUT2D eigenvalue weighted by Gasteiger charge is 2.38. The second kappa shape index (κ2) is 8.69. The highest BCUT2D eigenvalue weighted by atomic mass is 16.2. The highest BCUT2D eigenvalue weighted by Crippen LogP contribution is 2.39. The summed E-state index contributed by atoms with van der Waals surface area (Å²) in [5.74, 6) is 2.68. The van der Waals surface area contributed by atoms with Crippen molar-refractivity contribution < 1.29 is 4.79 Å². The van der Waals surface area contributed by atoms with Crippen LogP contribution in [0.2, 0.25) is 0 Å². The van der Waals surface area contributed by atoms with E-state index in [-0.39, 0.29) is 11.8 Å². The zero-order valence-corrected chi connectivity index (χ0v) is 17.1. The third-order valence-corrected chi connectivity index (χ3v) is 5.97. The molecule has 3 heteroatoms. The van der Waals surface area contributed by atoms with Crippen LogP contribution in [0.25, 0.3) is 0 Å². The van der Waals surface area contributed by atoms with Gasteiger partial charge in [-0.2, -0.15) is 0 Å². The van der Waals surface area contributed by atoms with Gasteiger partial charge in [-0.3, -0.25) is 9.69 Å². The smallest absolute Gasteiger partial charge is 0.231 e. The third kappa shape index (κ3) is 4.77. The molecule has 27 heavy (non-hydrogen) atoms. The Kier molecular flexibility index (Phi) is 6.30. The van der Waals surface area contributed by atoms with Crippen LogP contribution in [0.5, 0.6) is 0 Å². The highest BCUT2D eigenvalue weighted by molar-refractivity contribution is 5.94. The Morgan fingerprint density at radius 3 is 2.59 bits per heavy atom. The van der Waals surface area contributed by atoms with Crippen LogP contribution in [0, 0.1) is 30.6 Å². The molecule has 1 amide bonds. The quantitative estimate of drug-likeness (QED) is 0.689. The zero-order chi connectivity index (χ0) is 19.4. The third-order valence-electron chi connectivity index (χ3n) is 5.97. The summed E-state index contributed by atoms with van der Waals surface area (Å²) in [6.07, 6.45) is 5.17. The Hall–Kier alpha value is -2.16. The molecule has 3 nitrogen and oxygen atoms in total. The molecule has 0 bridgehead atoms. The van der Waals surface area contributed by atoms with Crippen molar-refractivity contribution in [3.8, 4) is 0 Å². The summed E-state index contributed by atoms with van der Waals surface area (Å²) in [7, 11) is 0. The van der Waals surface area contributed by atoms with Gasteiger partial charge in [0, 0.05) is 12.1 Å². The van der Waals surface area contributed by atoms with E-state index in [0.29, 0.717) is 24.3 Å². The molecule has 1 aromatic carbocycles. The number of pyridine rings is 1. The molecule has 1 aliphatic carbocycles. The number of aryl methyl sites for hydroxylation is 1. The Labute approximate surface area is 163 Å². The number of carbonyl (C=O) groups excluding carboxylic acids is 1. The molecule has 1 aliphatic rings. The SMILES string of the molecule is Cc1ccnc(N(Cc2ccccc2)C(=O)[C@@H]2C[C@H](C)CC[C@H]2C(C)C)c1. The minimum atomic E-state index is 0.0831. The summed E-state index contributed by atoms with van der Waals surface area (Å²) < 4.78 is 0. The molecule has 0 N–H and O–H groups in total. The van der Waals surface area contributed by atoms with Crippen molar-refractivity contribution in [2.24, 2.45) is 23.7 Å². The number of nitrogens with zero attached hydrogens (tertiary/aromatic N) is 2. The van der Waals surface area contributed by atoms with E-state index in [9.17, 15) is 4.79 Å². The summed E-state index contributed by atoms with van der Waals surface area (Å²) >= 11 is 0. The largest absolute Gasteiger partial charge is 0.292 e.